The maximum atomic E-state index is 7.17. The van der Waals surface area contributed by atoms with Gasteiger partial charge in [0.05, 0.1) is 43.9 Å². The third-order valence-electron chi connectivity index (χ3n) is 11.2. The Bertz CT molecular complexity index is 3410. The van der Waals surface area contributed by atoms with Crippen LogP contribution >= 0.6 is 0 Å². The summed E-state index contributed by atoms with van der Waals surface area (Å²) in [5, 5.41) is 9.39. The molecule has 0 saturated heterocycles. The zero-order valence-corrected chi connectivity index (χ0v) is 28.7. The first kappa shape index (κ1) is 28.6. The van der Waals surface area contributed by atoms with Gasteiger partial charge in [-0.15, -0.1) is 0 Å². The summed E-state index contributed by atoms with van der Waals surface area (Å²) in [5.41, 5.74) is 12.3. The van der Waals surface area contributed by atoms with Crippen LogP contribution in [0.15, 0.2) is 180 Å². The quantitative estimate of drug-likeness (QED) is 0.183. The molecule has 1 aliphatic rings. The average Bonchev–Trinajstić information content (AvgIpc) is 3.88. The van der Waals surface area contributed by atoms with E-state index in [2.05, 4.69) is 190 Å². The van der Waals surface area contributed by atoms with Crippen LogP contribution in [-0.4, -0.2) is 13.7 Å². The Morgan fingerprint density at radius 3 is 1.66 bits per heavy atom. The number of allylic oxidation sites excluding steroid dienone is 6. The fraction of sp³-hybridized carbons (Fsp3) is 0.0204. The summed E-state index contributed by atoms with van der Waals surface area (Å²) in [6.45, 7) is 0. The van der Waals surface area contributed by atoms with Crippen molar-refractivity contribution in [1.82, 2.24) is 13.7 Å². The molecule has 0 spiro atoms. The van der Waals surface area contributed by atoms with Crippen molar-refractivity contribution in [2.24, 2.45) is 0 Å². The van der Waals surface area contributed by atoms with Gasteiger partial charge >= 0.3 is 0 Å². The van der Waals surface area contributed by atoms with E-state index in [0.29, 0.717) is 0 Å². The number of furan rings is 1. The largest absolute Gasteiger partial charge is 0.455 e. The van der Waals surface area contributed by atoms with E-state index in [-0.39, 0.29) is 0 Å². The number of para-hydroxylation sites is 4. The summed E-state index contributed by atoms with van der Waals surface area (Å²) in [6.07, 6.45) is 11.9. The molecular weight excluding hydrogens is 647 g/mol. The van der Waals surface area contributed by atoms with Crippen LogP contribution in [0.1, 0.15) is 6.42 Å². The zero-order chi connectivity index (χ0) is 34.6. The molecule has 4 aromatic heterocycles. The highest BCUT2D eigenvalue weighted by molar-refractivity contribution is 6.29. The summed E-state index contributed by atoms with van der Waals surface area (Å²) in [7, 11) is 0. The van der Waals surface area contributed by atoms with Crippen LogP contribution < -0.4 is 0 Å². The summed E-state index contributed by atoms with van der Waals surface area (Å²) < 4.78 is 14.3. The van der Waals surface area contributed by atoms with E-state index in [4.69, 9.17) is 4.42 Å². The van der Waals surface area contributed by atoms with E-state index in [1.807, 2.05) is 0 Å². The molecule has 0 fully saturated rings. The number of hydrogen-bond donors (Lipinski definition) is 0. The molecule has 12 rings (SSSR count). The molecule has 0 saturated carbocycles. The van der Waals surface area contributed by atoms with Gasteiger partial charge in [-0.2, -0.15) is 0 Å². The minimum atomic E-state index is 0.926. The van der Waals surface area contributed by atoms with Gasteiger partial charge in [0.2, 0.25) is 0 Å². The van der Waals surface area contributed by atoms with Gasteiger partial charge in [-0.3, -0.25) is 0 Å². The van der Waals surface area contributed by atoms with Crippen molar-refractivity contribution in [2.45, 2.75) is 6.42 Å². The van der Waals surface area contributed by atoms with Gasteiger partial charge in [0.25, 0.3) is 0 Å². The van der Waals surface area contributed by atoms with Crippen LogP contribution in [0.25, 0.3) is 104 Å². The first-order valence-corrected chi connectivity index (χ1v) is 18.3. The Labute approximate surface area is 304 Å². The number of fused-ring (bicyclic) bond motifs is 14. The molecule has 7 aromatic carbocycles. The van der Waals surface area contributed by atoms with Crippen LogP contribution in [0, 0.1) is 0 Å². The lowest BCUT2D eigenvalue weighted by atomic mass is 10.1. The normalized spacial score (nSPS) is 13.5. The monoisotopic (exact) mass is 677 g/mol. The Balaban J connectivity index is 1.15. The van der Waals surface area contributed by atoms with Crippen molar-refractivity contribution in [1.29, 1.82) is 0 Å². The Hall–Kier alpha value is -7.04. The molecule has 0 N–H and O–H groups in total. The molecule has 0 amide bonds. The summed E-state index contributed by atoms with van der Waals surface area (Å²) in [4.78, 5) is 0. The van der Waals surface area contributed by atoms with Gasteiger partial charge in [-0.05, 0) is 91.4 Å². The van der Waals surface area contributed by atoms with Crippen molar-refractivity contribution in [3.63, 3.8) is 0 Å². The second-order valence-electron chi connectivity index (χ2n) is 14.0. The highest BCUT2D eigenvalue weighted by Crippen LogP contribution is 2.45. The minimum absolute atomic E-state index is 0.926. The van der Waals surface area contributed by atoms with Crippen molar-refractivity contribution in [3.05, 3.63) is 176 Å². The predicted octanol–water partition coefficient (Wildman–Crippen LogP) is 13.2. The molecule has 248 valence electrons. The van der Waals surface area contributed by atoms with Crippen LogP contribution in [0.5, 0.6) is 0 Å². The van der Waals surface area contributed by atoms with Crippen LogP contribution in [0.2, 0.25) is 0 Å². The number of benzene rings is 7. The molecule has 0 radical (unpaired) electrons. The van der Waals surface area contributed by atoms with Crippen LogP contribution in [0.3, 0.4) is 0 Å². The molecule has 4 heterocycles. The molecule has 0 unspecified atom stereocenters. The number of rotatable bonds is 3. The second kappa shape index (κ2) is 10.7. The molecule has 0 atom stereocenters. The average molecular weight is 678 g/mol. The van der Waals surface area contributed by atoms with E-state index < -0.39 is 0 Å². The molecule has 1 aliphatic carbocycles. The topological polar surface area (TPSA) is 27.9 Å². The highest BCUT2D eigenvalue weighted by Gasteiger charge is 2.23. The van der Waals surface area contributed by atoms with E-state index in [9.17, 15) is 0 Å². The van der Waals surface area contributed by atoms with Gasteiger partial charge in [0.15, 0.2) is 0 Å². The van der Waals surface area contributed by atoms with Gasteiger partial charge in [0, 0.05) is 49.4 Å². The number of hydrogen-bond acceptors (Lipinski definition) is 1. The van der Waals surface area contributed by atoms with E-state index in [1.54, 1.807) is 0 Å². The summed E-state index contributed by atoms with van der Waals surface area (Å²) in [5.74, 6) is 0. The molecule has 4 nitrogen and oxygen atoms in total. The zero-order valence-electron chi connectivity index (χ0n) is 28.7. The third kappa shape index (κ3) is 3.89. The number of aromatic nitrogens is 3. The maximum absolute atomic E-state index is 7.17. The molecule has 0 bridgehead atoms. The lowest BCUT2D eigenvalue weighted by molar-refractivity contribution is 0.677. The first-order chi connectivity index (χ1) is 26.3. The highest BCUT2D eigenvalue weighted by atomic mass is 16.3. The van der Waals surface area contributed by atoms with E-state index in [0.717, 1.165) is 72.8 Å². The summed E-state index contributed by atoms with van der Waals surface area (Å²) in [6, 6.07) is 52.8. The fourth-order valence-electron chi connectivity index (χ4n) is 9.02. The van der Waals surface area contributed by atoms with E-state index >= 15 is 0 Å². The molecule has 4 heteroatoms. The van der Waals surface area contributed by atoms with Crippen molar-refractivity contribution < 1.29 is 4.42 Å². The van der Waals surface area contributed by atoms with Crippen molar-refractivity contribution in [3.8, 4) is 11.4 Å². The third-order valence-corrected chi connectivity index (χ3v) is 11.2. The Morgan fingerprint density at radius 1 is 0.396 bits per heavy atom. The maximum Gasteiger partial charge on any atom is 0.145 e. The Morgan fingerprint density at radius 2 is 0.943 bits per heavy atom. The smallest absolute Gasteiger partial charge is 0.145 e. The molecule has 53 heavy (non-hydrogen) atoms. The van der Waals surface area contributed by atoms with Crippen molar-refractivity contribution >= 4 is 93.1 Å². The molecular formula is C49H31N3O. The molecule has 0 aliphatic heterocycles. The number of nitrogens with zero attached hydrogens (tertiary/aromatic N) is 3. The second-order valence-corrected chi connectivity index (χ2v) is 14.0. The Kier molecular flexibility index (Phi) is 5.80. The summed E-state index contributed by atoms with van der Waals surface area (Å²) >= 11 is 0. The van der Waals surface area contributed by atoms with Crippen LogP contribution in [-0.2, 0) is 0 Å². The van der Waals surface area contributed by atoms with Gasteiger partial charge in [-0.1, -0.05) is 91.0 Å². The lowest BCUT2D eigenvalue weighted by Crippen LogP contribution is -1.95. The first-order valence-electron chi connectivity index (χ1n) is 18.3. The standard InChI is InChI=1S/C49H31N3O/c1-2-5-15-32(14-4-1)51-41-22-12-9-19-37(41)46-44(51)28-25-35-36-26-29-45-47(49(36)53-48(35)46)38-20-10-13-23-42(38)52(45)33-24-27-43-39(30-33)34-18-8-11-21-40(34)50(43)31-16-6-3-7-17-31/h1,3-30H,2H2. The minimum Gasteiger partial charge on any atom is -0.455 e. The van der Waals surface area contributed by atoms with Crippen LogP contribution in [0.4, 0.5) is 0 Å². The lowest BCUT2D eigenvalue weighted by Gasteiger charge is -2.10. The van der Waals surface area contributed by atoms with Gasteiger partial charge < -0.3 is 18.1 Å². The SMILES string of the molecule is C1=CCC=CC(n2c3ccccc3c3c4oc5c(ccc6c5c5ccccc5n6-c5ccc6c(c5)c5ccccc5n6-c5ccccc5)c4ccc32)=C1. The van der Waals surface area contributed by atoms with Gasteiger partial charge in [-0.25, -0.2) is 0 Å². The van der Waals surface area contributed by atoms with Crippen molar-refractivity contribution in [2.75, 3.05) is 0 Å². The fourth-order valence-corrected chi connectivity index (χ4v) is 9.02. The van der Waals surface area contributed by atoms with Gasteiger partial charge in [0.1, 0.15) is 11.2 Å². The molecule has 11 aromatic rings. The van der Waals surface area contributed by atoms with E-state index in [1.165, 1.54) is 38.1 Å². The predicted molar refractivity (Wildman–Crippen MR) is 223 cm³/mol.